The maximum atomic E-state index is 9.22. The standard InChI is InChI=1S/C12H14N4O2S/c1-18-10-3-2-8(4-9(10)6-17)5-14-16-12-15-11(13)7-19-12/h2-5,7,17H,6,13H2,1H3,(H,15,16). The molecule has 19 heavy (non-hydrogen) atoms. The third-order valence-electron chi connectivity index (χ3n) is 2.37. The first-order valence-corrected chi connectivity index (χ1v) is 6.38. The molecule has 0 aliphatic rings. The van der Waals surface area contributed by atoms with Gasteiger partial charge in [0, 0.05) is 10.9 Å². The quantitative estimate of drug-likeness (QED) is 0.571. The molecule has 0 aliphatic carbocycles. The highest BCUT2D eigenvalue weighted by Crippen LogP contribution is 2.19. The molecular formula is C12H14N4O2S. The number of aromatic nitrogens is 1. The molecule has 0 atom stereocenters. The Hall–Kier alpha value is -2.12. The number of aliphatic hydroxyl groups is 1. The van der Waals surface area contributed by atoms with Gasteiger partial charge in [-0.05, 0) is 23.8 Å². The van der Waals surface area contributed by atoms with Crippen LogP contribution in [0.15, 0.2) is 28.7 Å². The fraction of sp³-hybridized carbons (Fsp3) is 0.167. The number of hydrogen-bond acceptors (Lipinski definition) is 7. The lowest BCUT2D eigenvalue weighted by molar-refractivity contribution is 0.274. The summed E-state index contributed by atoms with van der Waals surface area (Å²) in [6, 6.07) is 5.44. The van der Waals surface area contributed by atoms with Gasteiger partial charge in [-0.2, -0.15) is 5.10 Å². The van der Waals surface area contributed by atoms with Crippen LogP contribution in [0.25, 0.3) is 0 Å². The summed E-state index contributed by atoms with van der Waals surface area (Å²) in [7, 11) is 1.57. The predicted molar refractivity (Wildman–Crippen MR) is 76.7 cm³/mol. The van der Waals surface area contributed by atoms with Crippen LogP contribution in [0.3, 0.4) is 0 Å². The molecule has 0 aliphatic heterocycles. The number of rotatable bonds is 5. The van der Waals surface area contributed by atoms with Crippen LogP contribution in [0.2, 0.25) is 0 Å². The van der Waals surface area contributed by atoms with Crippen LogP contribution in [0.4, 0.5) is 10.9 Å². The minimum absolute atomic E-state index is 0.0820. The molecule has 1 aromatic heterocycles. The number of thiazole rings is 1. The Bertz CT molecular complexity index is 583. The van der Waals surface area contributed by atoms with Gasteiger partial charge in [0.1, 0.15) is 11.6 Å². The first kappa shape index (κ1) is 13.3. The van der Waals surface area contributed by atoms with E-state index in [-0.39, 0.29) is 6.61 Å². The van der Waals surface area contributed by atoms with Crippen molar-refractivity contribution >= 4 is 28.5 Å². The SMILES string of the molecule is COc1ccc(C=NNc2nc(N)cs2)cc1CO. The number of hydrazone groups is 1. The average Bonchev–Trinajstić information content (AvgIpc) is 2.84. The highest BCUT2D eigenvalue weighted by Gasteiger charge is 2.02. The van der Waals surface area contributed by atoms with E-state index < -0.39 is 0 Å². The van der Waals surface area contributed by atoms with Gasteiger partial charge >= 0.3 is 0 Å². The molecular weight excluding hydrogens is 264 g/mol. The van der Waals surface area contributed by atoms with Crippen LogP contribution < -0.4 is 15.9 Å². The summed E-state index contributed by atoms with van der Waals surface area (Å²) >= 11 is 1.38. The number of ether oxygens (including phenoxy) is 1. The number of anilines is 2. The monoisotopic (exact) mass is 278 g/mol. The van der Waals surface area contributed by atoms with E-state index in [1.165, 1.54) is 11.3 Å². The highest BCUT2D eigenvalue weighted by atomic mass is 32.1. The summed E-state index contributed by atoms with van der Waals surface area (Å²) in [5, 5.41) is 15.6. The summed E-state index contributed by atoms with van der Waals surface area (Å²) in [5.41, 5.74) is 9.84. The lowest BCUT2D eigenvalue weighted by atomic mass is 10.1. The lowest BCUT2D eigenvalue weighted by Crippen LogP contribution is -1.95. The van der Waals surface area contributed by atoms with E-state index >= 15 is 0 Å². The molecule has 2 aromatic rings. The number of aliphatic hydroxyl groups excluding tert-OH is 1. The van der Waals surface area contributed by atoms with E-state index in [1.54, 1.807) is 30.8 Å². The number of nitrogens with two attached hydrogens (primary N) is 1. The van der Waals surface area contributed by atoms with Crippen LogP contribution in [-0.4, -0.2) is 23.4 Å². The smallest absolute Gasteiger partial charge is 0.205 e. The average molecular weight is 278 g/mol. The van der Waals surface area contributed by atoms with Gasteiger partial charge in [0.15, 0.2) is 0 Å². The number of hydrogen-bond donors (Lipinski definition) is 3. The van der Waals surface area contributed by atoms with Gasteiger partial charge in [0.2, 0.25) is 5.13 Å². The van der Waals surface area contributed by atoms with Gasteiger partial charge in [0.25, 0.3) is 0 Å². The summed E-state index contributed by atoms with van der Waals surface area (Å²) in [4.78, 5) is 4.01. The van der Waals surface area contributed by atoms with Crippen LogP contribution in [0.1, 0.15) is 11.1 Å². The molecule has 0 saturated carbocycles. The molecule has 0 radical (unpaired) electrons. The number of benzene rings is 1. The van der Waals surface area contributed by atoms with Crippen molar-refractivity contribution in [2.24, 2.45) is 5.10 Å². The van der Waals surface area contributed by atoms with Crippen molar-refractivity contribution in [3.63, 3.8) is 0 Å². The predicted octanol–water partition coefficient (Wildman–Crippen LogP) is 1.67. The first-order valence-electron chi connectivity index (χ1n) is 5.51. The van der Waals surface area contributed by atoms with Crippen LogP contribution in [-0.2, 0) is 6.61 Å². The van der Waals surface area contributed by atoms with Crippen molar-refractivity contribution in [3.05, 3.63) is 34.7 Å². The van der Waals surface area contributed by atoms with E-state index in [1.807, 2.05) is 6.07 Å². The minimum atomic E-state index is -0.0820. The van der Waals surface area contributed by atoms with Crippen molar-refractivity contribution in [3.8, 4) is 5.75 Å². The first-order chi connectivity index (χ1) is 9.22. The van der Waals surface area contributed by atoms with E-state index in [2.05, 4.69) is 15.5 Å². The van der Waals surface area contributed by atoms with Crippen LogP contribution in [0, 0.1) is 0 Å². The van der Waals surface area contributed by atoms with Crippen LogP contribution in [0.5, 0.6) is 5.75 Å². The fourth-order valence-corrected chi connectivity index (χ4v) is 2.05. The van der Waals surface area contributed by atoms with Gasteiger partial charge < -0.3 is 15.6 Å². The van der Waals surface area contributed by atoms with Crippen molar-refractivity contribution in [1.29, 1.82) is 0 Å². The second kappa shape index (κ2) is 6.17. The molecule has 4 N–H and O–H groups in total. The molecule has 1 heterocycles. The largest absolute Gasteiger partial charge is 0.496 e. The summed E-state index contributed by atoms with van der Waals surface area (Å²) in [6.07, 6.45) is 1.64. The molecule has 0 spiro atoms. The Morgan fingerprint density at radius 3 is 3.05 bits per heavy atom. The normalized spacial score (nSPS) is 10.8. The third-order valence-corrected chi connectivity index (χ3v) is 3.14. The Labute approximate surface area is 114 Å². The number of methoxy groups -OCH3 is 1. The maximum Gasteiger partial charge on any atom is 0.205 e. The third kappa shape index (κ3) is 3.43. The number of nitrogens with zero attached hydrogens (tertiary/aromatic N) is 2. The summed E-state index contributed by atoms with van der Waals surface area (Å²) in [6.45, 7) is -0.0820. The zero-order valence-corrected chi connectivity index (χ0v) is 11.1. The summed E-state index contributed by atoms with van der Waals surface area (Å²) < 4.78 is 5.13. The topological polar surface area (TPSA) is 92.8 Å². The lowest BCUT2D eigenvalue weighted by Gasteiger charge is -2.06. The van der Waals surface area contributed by atoms with E-state index in [9.17, 15) is 5.11 Å². The molecule has 0 bridgehead atoms. The molecule has 0 unspecified atom stereocenters. The highest BCUT2D eigenvalue weighted by molar-refractivity contribution is 7.14. The molecule has 100 valence electrons. The Morgan fingerprint density at radius 1 is 1.58 bits per heavy atom. The molecule has 2 rings (SSSR count). The fourth-order valence-electron chi connectivity index (χ4n) is 1.50. The minimum Gasteiger partial charge on any atom is -0.496 e. The van der Waals surface area contributed by atoms with Gasteiger partial charge in [-0.15, -0.1) is 11.3 Å². The molecule has 0 saturated heterocycles. The second-order valence-electron chi connectivity index (χ2n) is 3.68. The zero-order valence-electron chi connectivity index (χ0n) is 10.3. The molecule has 6 nitrogen and oxygen atoms in total. The number of nitrogen functional groups attached to an aromatic ring is 1. The summed E-state index contributed by atoms with van der Waals surface area (Å²) in [5.74, 6) is 1.12. The second-order valence-corrected chi connectivity index (χ2v) is 4.54. The van der Waals surface area contributed by atoms with Gasteiger partial charge in [-0.3, -0.25) is 5.43 Å². The van der Waals surface area contributed by atoms with Crippen molar-refractivity contribution in [2.45, 2.75) is 6.61 Å². The maximum absolute atomic E-state index is 9.22. The molecule has 7 heteroatoms. The van der Waals surface area contributed by atoms with Crippen molar-refractivity contribution < 1.29 is 9.84 Å². The van der Waals surface area contributed by atoms with E-state index in [4.69, 9.17) is 10.5 Å². The Kier molecular flexibility index (Phi) is 4.32. The van der Waals surface area contributed by atoms with E-state index in [0.717, 1.165) is 5.56 Å². The van der Waals surface area contributed by atoms with Gasteiger partial charge in [-0.1, -0.05) is 0 Å². The van der Waals surface area contributed by atoms with Gasteiger partial charge in [-0.25, -0.2) is 4.98 Å². The Balaban J connectivity index is 2.06. The van der Waals surface area contributed by atoms with Gasteiger partial charge in [0.05, 0.1) is 19.9 Å². The zero-order chi connectivity index (χ0) is 13.7. The number of nitrogens with one attached hydrogen (secondary N) is 1. The van der Waals surface area contributed by atoms with Crippen molar-refractivity contribution in [2.75, 3.05) is 18.3 Å². The molecule has 0 amide bonds. The van der Waals surface area contributed by atoms with Crippen LogP contribution >= 0.6 is 11.3 Å². The molecule has 1 aromatic carbocycles. The Morgan fingerprint density at radius 2 is 2.42 bits per heavy atom. The van der Waals surface area contributed by atoms with E-state index in [0.29, 0.717) is 22.3 Å². The molecule has 0 fully saturated rings. The van der Waals surface area contributed by atoms with Crippen molar-refractivity contribution in [1.82, 2.24) is 4.98 Å².